The molecule has 0 saturated heterocycles. The number of halogens is 1. The summed E-state index contributed by atoms with van der Waals surface area (Å²) in [4.78, 5) is 16.8. The fraction of sp³-hybridized carbons (Fsp3) is 0.158. The molecule has 1 atom stereocenters. The zero-order valence-corrected chi connectivity index (χ0v) is 15.9. The maximum absolute atomic E-state index is 12.5. The van der Waals surface area contributed by atoms with Gasteiger partial charge in [-0.3, -0.25) is 9.36 Å². The number of benzene rings is 2. The van der Waals surface area contributed by atoms with E-state index < -0.39 is 0 Å². The average Bonchev–Trinajstić information content (AvgIpc) is 3.10. The van der Waals surface area contributed by atoms with E-state index in [2.05, 4.69) is 10.3 Å². The number of nitrogens with one attached hydrogen (secondary N) is 1. The number of amides is 1. The lowest BCUT2D eigenvalue weighted by atomic mass is 10.3. The van der Waals surface area contributed by atoms with Crippen LogP contribution in [0.3, 0.4) is 0 Å². The number of imidazole rings is 1. The molecule has 7 heteroatoms. The van der Waals surface area contributed by atoms with Crippen molar-refractivity contribution in [3.63, 3.8) is 0 Å². The summed E-state index contributed by atoms with van der Waals surface area (Å²) in [6, 6.07) is 14.8. The lowest BCUT2D eigenvalue weighted by Crippen LogP contribution is -2.22. The third-order valence-corrected chi connectivity index (χ3v) is 5.00. The molecule has 134 valence electrons. The quantitative estimate of drug-likeness (QED) is 0.625. The number of nitrogens with zero attached hydrogens (tertiary/aromatic N) is 2. The fourth-order valence-electron chi connectivity index (χ4n) is 2.36. The Bertz CT molecular complexity index is 913. The molecule has 0 aliphatic rings. The summed E-state index contributed by atoms with van der Waals surface area (Å²) in [5.74, 6) is 0.649. The highest BCUT2D eigenvalue weighted by Gasteiger charge is 2.18. The van der Waals surface area contributed by atoms with Gasteiger partial charge in [-0.25, -0.2) is 4.98 Å². The number of ether oxygens (including phenoxy) is 1. The SMILES string of the molecule is COc1cccc(-n2ccnc2SC(C)C(=O)Nc2cccc(Cl)c2)c1. The van der Waals surface area contributed by atoms with Crippen molar-refractivity contribution in [2.75, 3.05) is 12.4 Å². The number of aromatic nitrogens is 2. The minimum Gasteiger partial charge on any atom is -0.497 e. The summed E-state index contributed by atoms with van der Waals surface area (Å²) in [6.45, 7) is 1.84. The predicted molar refractivity (Wildman–Crippen MR) is 106 cm³/mol. The first-order valence-electron chi connectivity index (χ1n) is 7.97. The maximum atomic E-state index is 12.5. The highest BCUT2D eigenvalue weighted by Crippen LogP contribution is 2.27. The first-order chi connectivity index (χ1) is 12.6. The van der Waals surface area contributed by atoms with Gasteiger partial charge in [-0.1, -0.05) is 35.5 Å². The maximum Gasteiger partial charge on any atom is 0.237 e. The van der Waals surface area contributed by atoms with E-state index in [4.69, 9.17) is 16.3 Å². The molecular formula is C19H18ClN3O2S. The second kappa shape index (κ2) is 8.29. The van der Waals surface area contributed by atoms with Crippen LogP contribution in [-0.2, 0) is 4.79 Å². The van der Waals surface area contributed by atoms with Crippen LogP contribution in [0.2, 0.25) is 5.02 Å². The Morgan fingerprint density at radius 2 is 2.08 bits per heavy atom. The Labute approximate surface area is 161 Å². The highest BCUT2D eigenvalue weighted by atomic mass is 35.5. The van der Waals surface area contributed by atoms with Crippen molar-refractivity contribution in [3.05, 3.63) is 65.9 Å². The zero-order valence-electron chi connectivity index (χ0n) is 14.3. The fourth-order valence-corrected chi connectivity index (χ4v) is 3.43. The predicted octanol–water partition coefficient (Wildman–Crippen LogP) is 4.65. The monoisotopic (exact) mass is 387 g/mol. The molecule has 1 unspecified atom stereocenters. The van der Waals surface area contributed by atoms with Crippen molar-refractivity contribution in [3.8, 4) is 11.4 Å². The Hall–Kier alpha value is -2.44. The van der Waals surface area contributed by atoms with Gasteiger partial charge in [0.05, 0.1) is 18.0 Å². The van der Waals surface area contributed by atoms with Gasteiger partial charge in [0.25, 0.3) is 0 Å². The summed E-state index contributed by atoms with van der Waals surface area (Å²) < 4.78 is 7.20. The van der Waals surface area contributed by atoms with Gasteiger partial charge in [0.1, 0.15) is 5.75 Å². The molecule has 1 aromatic heterocycles. The van der Waals surface area contributed by atoms with Gasteiger partial charge in [0, 0.05) is 29.2 Å². The Morgan fingerprint density at radius 1 is 1.27 bits per heavy atom. The molecule has 3 aromatic rings. The van der Waals surface area contributed by atoms with Gasteiger partial charge < -0.3 is 10.1 Å². The first kappa shape index (κ1) is 18.4. The normalized spacial score (nSPS) is 11.8. The van der Waals surface area contributed by atoms with E-state index in [1.807, 2.05) is 42.0 Å². The molecule has 0 bridgehead atoms. The van der Waals surface area contributed by atoms with E-state index in [9.17, 15) is 4.79 Å². The van der Waals surface area contributed by atoms with Crippen molar-refractivity contribution >= 4 is 35.0 Å². The Morgan fingerprint density at radius 3 is 2.85 bits per heavy atom. The zero-order chi connectivity index (χ0) is 18.5. The third-order valence-electron chi connectivity index (χ3n) is 3.68. The number of carbonyl (C=O) groups is 1. The van der Waals surface area contributed by atoms with Crippen LogP contribution in [-0.4, -0.2) is 27.8 Å². The van der Waals surface area contributed by atoms with Crippen LogP contribution in [0.5, 0.6) is 5.75 Å². The Kier molecular flexibility index (Phi) is 5.85. The van der Waals surface area contributed by atoms with Crippen LogP contribution in [0.25, 0.3) is 5.69 Å². The minimum atomic E-state index is -0.333. The molecular weight excluding hydrogens is 370 g/mol. The summed E-state index contributed by atoms with van der Waals surface area (Å²) in [5, 5.41) is 3.85. The lowest BCUT2D eigenvalue weighted by Gasteiger charge is -2.13. The highest BCUT2D eigenvalue weighted by molar-refractivity contribution is 8.00. The molecule has 0 spiro atoms. The number of rotatable bonds is 6. The van der Waals surface area contributed by atoms with Crippen molar-refractivity contribution in [1.29, 1.82) is 0 Å². The minimum absolute atomic E-state index is 0.113. The molecule has 1 N–H and O–H groups in total. The molecule has 1 amide bonds. The van der Waals surface area contributed by atoms with Gasteiger partial charge in [-0.05, 0) is 37.3 Å². The van der Waals surface area contributed by atoms with Crippen LogP contribution in [0, 0.1) is 0 Å². The molecule has 5 nitrogen and oxygen atoms in total. The smallest absolute Gasteiger partial charge is 0.237 e. The van der Waals surface area contributed by atoms with Gasteiger partial charge >= 0.3 is 0 Å². The molecule has 0 saturated carbocycles. The third kappa shape index (κ3) is 4.39. The topological polar surface area (TPSA) is 56.2 Å². The number of anilines is 1. The second-order valence-corrected chi connectivity index (χ2v) is 7.29. The first-order valence-corrected chi connectivity index (χ1v) is 9.23. The van der Waals surface area contributed by atoms with Gasteiger partial charge in [-0.15, -0.1) is 0 Å². The molecule has 0 aliphatic carbocycles. The van der Waals surface area contributed by atoms with Gasteiger partial charge in [0.2, 0.25) is 5.91 Å². The van der Waals surface area contributed by atoms with E-state index in [-0.39, 0.29) is 11.2 Å². The van der Waals surface area contributed by atoms with Crippen molar-refractivity contribution in [2.45, 2.75) is 17.3 Å². The molecule has 26 heavy (non-hydrogen) atoms. The summed E-state index contributed by atoms with van der Waals surface area (Å²) in [6.07, 6.45) is 3.57. The summed E-state index contributed by atoms with van der Waals surface area (Å²) >= 11 is 7.34. The number of carbonyl (C=O) groups excluding carboxylic acids is 1. The largest absolute Gasteiger partial charge is 0.497 e. The van der Waals surface area contributed by atoms with Gasteiger partial charge in [-0.2, -0.15) is 0 Å². The van der Waals surface area contributed by atoms with Gasteiger partial charge in [0.15, 0.2) is 5.16 Å². The van der Waals surface area contributed by atoms with E-state index in [0.29, 0.717) is 10.7 Å². The summed E-state index contributed by atoms with van der Waals surface area (Å²) in [7, 11) is 1.63. The van der Waals surface area contributed by atoms with Crippen LogP contribution in [0.4, 0.5) is 5.69 Å². The standard InChI is InChI=1S/C19H18ClN3O2S/c1-13(18(24)22-15-6-3-5-14(20)11-15)26-19-21-9-10-23(19)16-7-4-8-17(12-16)25-2/h3-13H,1-2H3,(H,22,24). The molecule has 1 heterocycles. The second-order valence-electron chi connectivity index (χ2n) is 5.54. The van der Waals surface area contributed by atoms with E-state index in [1.165, 1.54) is 11.8 Å². The van der Waals surface area contributed by atoms with Crippen molar-refractivity contribution in [2.24, 2.45) is 0 Å². The molecule has 0 aliphatic heterocycles. The van der Waals surface area contributed by atoms with E-state index in [0.717, 1.165) is 16.6 Å². The van der Waals surface area contributed by atoms with Crippen LogP contribution in [0.1, 0.15) is 6.92 Å². The number of hydrogen-bond acceptors (Lipinski definition) is 4. The summed E-state index contributed by atoms with van der Waals surface area (Å²) in [5.41, 5.74) is 1.60. The van der Waals surface area contributed by atoms with Crippen molar-refractivity contribution < 1.29 is 9.53 Å². The van der Waals surface area contributed by atoms with Crippen LogP contribution >= 0.6 is 23.4 Å². The van der Waals surface area contributed by atoms with Crippen LogP contribution < -0.4 is 10.1 Å². The lowest BCUT2D eigenvalue weighted by molar-refractivity contribution is -0.115. The molecule has 0 fully saturated rings. The molecule has 2 aromatic carbocycles. The van der Waals surface area contributed by atoms with E-state index >= 15 is 0 Å². The number of methoxy groups -OCH3 is 1. The Balaban J connectivity index is 1.73. The van der Waals surface area contributed by atoms with Crippen LogP contribution in [0.15, 0.2) is 66.1 Å². The molecule has 3 rings (SSSR count). The number of hydrogen-bond donors (Lipinski definition) is 1. The number of thioether (sulfide) groups is 1. The van der Waals surface area contributed by atoms with Crippen molar-refractivity contribution in [1.82, 2.24) is 9.55 Å². The van der Waals surface area contributed by atoms with E-state index in [1.54, 1.807) is 37.6 Å². The average molecular weight is 388 g/mol. The molecule has 0 radical (unpaired) electrons.